The molecule has 28 heavy (non-hydrogen) atoms. The van der Waals surface area contributed by atoms with Gasteiger partial charge in [0.2, 0.25) is 0 Å². The lowest BCUT2D eigenvalue weighted by Gasteiger charge is -2.49. The molecular weight excluding hydrogens is 354 g/mol. The zero-order valence-electron chi connectivity index (χ0n) is 16.7. The number of piperidine rings is 1. The Labute approximate surface area is 165 Å². The first kappa shape index (κ1) is 19.1. The van der Waals surface area contributed by atoms with Gasteiger partial charge in [-0.1, -0.05) is 36.7 Å². The monoisotopic (exact) mass is 383 g/mol. The summed E-state index contributed by atoms with van der Waals surface area (Å²) >= 11 is 0. The van der Waals surface area contributed by atoms with E-state index < -0.39 is 12.0 Å². The molecule has 4 atom stereocenters. The van der Waals surface area contributed by atoms with Gasteiger partial charge in [0.05, 0.1) is 12.6 Å². The minimum absolute atomic E-state index is 0.120. The molecule has 0 saturated carbocycles. The molecule has 1 fully saturated rings. The highest BCUT2D eigenvalue weighted by Gasteiger charge is 2.44. The number of rotatable bonds is 6. The second-order valence-electron chi connectivity index (χ2n) is 7.94. The number of ether oxygens (including phenoxy) is 1. The van der Waals surface area contributed by atoms with Crippen LogP contribution < -0.4 is 0 Å². The van der Waals surface area contributed by atoms with E-state index in [-0.39, 0.29) is 18.6 Å². The maximum Gasteiger partial charge on any atom is 0.334 e. The Hall–Kier alpha value is -2.21. The number of aromatic nitrogens is 1. The molecule has 2 aliphatic heterocycles. The summed E-state index contributed by atoms with van der Waals surface area (Å²) in [6.45, 7) is 5.22. The molecule has 150 valence electrons. The molecule has 4 rings (SSSR count). The predicted molar refractivity (Wildman–Crippen MR) is 109 cm³/mol. The van der Waals surface area contributed by atoms with Gasteiger partial charge < -0.3 is 9.72 Å². The number of fused-ring (bicyclic) bond motifs is 5. The lowest BCUT2D eigenvalue weighted by molar-refractivity contribution is -0.145. The summed E-state index contributed by atoms with van der Waals surface area (Å²) in [5.41, 5.74) is 3.88. The summed E-state index contributed by atoms with van der Waals surface area (Å²) in [6, 6.07) is 7.97. The predicted octanol–water partition coefficient (Wildman–Crippen LogP) is 4.66. The number of H-pyrrole nitrogens is 1. The van der Waals surface area contributed by atoms with Gasteiger partial charge in [0, 0.05) is 35.0 Å². The average molecular weight is 383 g/mol. The number of esters is 1. The van der Waals surface area contributed by atoms with Crippen molar-refractivity contribution in [3.63, 3.8) is 0 Å². The molecule has 3 heterocycles. The number of aromatic amines is 1. The fourth-order valence-electron chi connectivity index (χ4n) is 5.36. The Balaban J connectivity index is 1.77. The molecule has 4 unspecified atom stereocenters. The van der Waals surface area contributed by atoms with Crippen molar-refractivity contribution < 1.29 is 9.53 Å². The zero-order valence-corrected chi connectivity index (χ0v) is 16.7. The molecule has 1 aromatic carbocycles. The van der Waals surface area contributed by atoms with Crippen molar-refractivity contribution in [1.29, 1.82) is 0 Å². The largest absolute Gasteiger partial charge is 0.464 e. The molecule has 6 heteroatoms. The smallest absolute Gasteiger partial charge is 0.334 e. The maximum atomic E-state index is 12.3. The molecule has 1 saturated heterocycles. The summed E-state index contributed by atoms with van der Waals surface area (Å²) < 4.78 is 5.11. The normalized spacial score (nSPS) is 25.7. The highest BCUT2D eigenvalue weighted by atomic mass is 16.5. The molecule has 0 radical (unpaired) electrons. The van der Waals surface area contributed by atoms with Gasteiger partial charge in [-0.05, 0) is 44.4 Å². The molecule has 6 nitrogen and oxygen atoms in total. The van der Waals surface area contributed by atoms with Gasteiger partial charge in [0.25, 0.3) is 0 Å². The summed E-state index contributed by atoms with van der Waals surface area (Å²) in [6.07, 6.45) is 4.84. The van der Waals surface area contributed by atoms with Gasteiger partial charge in [-0.15, -0.1) is 4.91 Å². The SMILES string of the molecule is CCOC(=O)C(CC1C(CC)c2c([nH]c3ccccc23)C2CCCCN21)N=O. The molecule has 2 aliphatic rings. The summed E-state index contributed by atoms with van der Waals surface area (Å²) in [7, 11) is 0. The van der Waals surface area contributed by atoms with Crippen LogP contribution in [0.2, 0.25) is 0 Å². The summed E-state index contributed by atoms with van der Waals surface area (Å²) in [4.78, 5) is 30.0. The molecule has 0 aliphatic carbocycles. The third-order valence-corrected chi connectivity index (χ3v) is 6.51. The van der Waals surface area contributed by atoms with Gasteiger partial charge in [-0.3, -0.25) is 4.90 Å². The van der Waals surface area contributed by atoms with Crippen LogP contribution in [0.5, 0.6) is 0 Å². The third-order valence-electron chi connectivity index (χ3n) is 6.51. The molecule has 0 spiro atoms. The van der Waals surface area contributed by atoms with E-state index in [1.807, 2.05) is 0 Å². The van der Waals surface area contributed by atoms with Crippen molar-refractivity contribution in [3.8, 4) is 0 Å². The minimum Gasteiger partial charge on any atom is -0.464 e. The van der Waals surface area contributed by atoms with Crippen molar-refractivity contribution >= 4 is 16.9 Å². The van der Waals surface area contributed by atoms with Gasteiger partial charge in [-0.25, -0.2) is 4.79 Å². The van der Waals surface area contributed by atoms with Crippen LogP contribution in [0.15, 0.2) is 29.4 Å². The van der Waals surface area contributed by atoms with Gasteiger partial charge >= 0.3 is 5.97 Å². The van der Waals surface area contributed by atoms with E-state index in [0.717, 1.165) is 25.8 Å². The van der Waals surface area contributed by atoms with E-state index in [1.54, 1.807) is 6.92 Å². The van der Waals surface area contributed by atoms with Crippen LogP contribution >= 0.6 is 0 Å². The minimum atomic E-state index is -0.937. The van der Waals surface area contributed by atoms with Crippen LogP contribution in [-0.2, 0) is 9.53 Å². The van der Waals surface area contributed by atoms with Crippen LogP contribution in [-0.4, -0.2) is 41.1 Å². The number of para-hydroxylation sites is 1. The van der Waals surface area contributed by atoms with Crippen LogP contribution in [0.25, 0.3) is 10.9 Å². The average Bonchev–Trinajstić information content (AvgIpc) is 3.11. The lowest BCUT2D eigenvalue weighted by Crippen LogP contribution is -2.50. The van der Waals surface area contributed by atoms with Gasteiger partial charge in [0.15, 0.2) is 6.04 Å². The van der Waals surface area contributed by atoms with Crippen LogP contribution in [0.1, 0.15) is 69.2 Å². The molecule has 1 N–H and O–H groups in total. The Morgan fingerprint density at radius 1 is 1.32 bits per heavy atom. The van der Waals surface area contributed by atoms with Crippen molar-refractivity contribution in [2.75, 3.05) is 13.2 Å². The second-order valence-corrected chi connectivity index (χ2v) is 7.94. The van der Waals surface area contributed by atoms with E-state index in [0.29, 0.717) is 12.5 Å². The maximum absolute atomic E-state index is 12.3. The zero-order chi connectivity index (χ0) is 19.7. The first-order valence-electron chi connectivity index (χ1n) is 10.5. The second kappa shape index (κ2) is 8.03. The van der Waals surface area contributed by atoms with Crippen molar-refractivity contribution in [1.82, 2.24) is 9.88 Å². The van der Waals surface area contributed by atoms with Crippen molar-refractivity contribution in [2.45, 2.75) is 70.0 Å². The number of nitroso groups, excluding NO2 is 1. The third kappa shape index (κ3) is 3.13. The molecule has 1 aromatic heterocycles. The number of carbonyl (C=O) groups excluding carboxylic acids is 1. The molecule has 2 aromatic rings. The van der Waals surface area contributed by atoms with Gasteiger partial charge in [0.1, 0.15) is 0 Å². The Morgan fingerprint density at radius 2 is 2.14 bits per heavy atom. The van der Waals surface area contributed by atoms with Crippen molar-refractivity contribution in [2.24, 2.45) is 5.18 Å². The highest BCUT2D eigenvalue weighted by Crippen LogP contribution is 2.49. The summed E-state index contributed by atoms with van der Waals surface area (Å²) in [5, 5.41) is 4.42. The number of nitrogens with one attached hydrogen (secondary N) is 1. The molecule has 0 amide bonds. The van der Waals surface area contributed by atoms with E-state index in [1.165, 1.54) is 28.6 Å². The topological polar surface area (TPSA) is 74.8 Å². The van der Waals surface area contributed by atoms with Crippen LogP contribution in [0.4, 0.5) is 0 Å². The van der Waals surface area contributed by atoms with E-state index in [9.17, 15) is 9.70 Å². The number of hydrogen-bond acceptors (Lipinski definition) is 5. The van der Waals surface area contributed by atoms with Crippen LogP contribution in [0, 0.1) is 4.91 Å². The van der Waals surface area contributed by atoms with Gasteiger partial charge in [-0.2, -0.15) is 0 Å². The molecule has 0 bridgehead atoms. The Morgan fingerprint density at radius 3 is 2.89 bits per heavy atom. The Kier molecular flexibility index (Phi) is 5.49. The van der Waals surface area contributed by atoms with E-state index >= 15 is 0 Å². The summed E-state index contributed by atoms with van der Waals surface area (Å²) in [5.74, 6) is -0.232. The number of carbonyl (C=O) groups is 1. The number of benzene rings is 1. The number of hydrogen-bond donors (Lipinski definition) is 1. The molecular formula is C22H29N3O3. The fourth-order valence-corrected chi connectivity index (χ4v) is 5.36. The van der Waals surface area contributed by atoms with E-state index in [2.05, 4.69) is 46.2 Å². The standard InChI is InChI=1S/C22H29N3O3/c1-3-14-19(13-17(24-27)22(26)28-4-2)25-12-8-7-11-18(25)21-20(14)15-9-5-6-10-16(15)23-21/h5-6,9-10,14,17-19,23H,3-4,7-8,11-13H2,1-2H3. The number of nitrogens with zero attached hydrogens (tertiary/aromatic N) is 2. The van der Waals surface area contributed by atoms with Crippen molar-refractivity contribution in [3.05, 3.63) is 40.4 Å². The lowest BCUT2D eigenvalue weighted by atomic mass is 9.76. The highest BCUT2D eigenvalue weighted by molar-refractivity contribution is 5.86. The Bertz CT molecular complexity index is 862. The quantitative estimate of drug-likeness (QED) is 0.581. The van der Waals surface area contributed by atoms with E-state index in [4.69, 9.17) is 4.74 Å². The van der Waals surface area contributed by atoms with Crippen LogP contribution in [0.3, 0.4) is 0 Å². The fraction of sp³-hybridized carbons (Fsp3) is 0.591. The first-order chi connectivity index (χ1) is 13.7. The first-order valence-corrected chi connectivity index (χ1v) is 10.5.